The van der Waals surface area contributed by atoms with Crippen molar-refractivity contribution in [2.24, 2.45) is 0 Å². The standard InChI is InChI=1S/C22H24N2O3/c1-23(2)14-9-15-24-19(16-10-5-3-6-11-16)18(21(26)22(24)27)20(25)17-12-7-4-8-13-17/h3-8,10-13,19,25H,9,14-15H2,1-2H3/p+1/t19-/m1/s1. The van der Waals surface area contributed by atoms with Crippen molar-refractivity contribution < 1.29 is 19.6 Å². The molecule has 1 heterocycles. The Labute approximate surface area is 159 Å². The van der Waals surface area contributed by atoms with Gasteiger partial charge in [0.2, 0.25) is 0 Å². The molecule has 140 valence electrons. The van der Waals surface area contributed by atoms with E-state index in [-0.39, 0.29) is 11.3 Å². The molecule has 1 atom stereocenters. The smallest absolute Gasteiger partial charge is 0.295 e. The summed E-state index contributed by atoms with van der Waals surface area (Å²) in [5.41, 5.74) is 1.52. The Hall–Kier alpha value is -2.92. The number of ketones is 1. The Bertz CT molecular complexity index is 844. The van der Waals surface area contributed by atoms with Gasteiger partial charge >= 0.3 is 0 Å². The van der Waals surface area contributed by atoms with Crippen LogP contribution in [0.15, 0.2) is 66.2 Å². The van der Waals surface area contributed by atoms with Gasteiger partial charge < -0.3 is 14.9 Å². The van der Waals surface area contributed by atoms with Crippen LogP contribution in [-0.2, 0) is 9.59 Å². The molecule has 5 heteroatoms. The third kappa shape index (κ3) is 3.93. The third-order valence-electron chi connectivity index (χ3n) is 4.78. The highest BCUT2D eigenvalue weighted by molar-refractivity contribution is 6.46. The fraction of sp³-hybridized carbons (Fsp3) is 0.273. The first-order chi connectivity index (χ1) is 13.0. The summed E-state index contributed by atoms with van der Waals surface area (Å²) in [5, 5.41) is 10.8. The Balaban J connectivity index is 2.05. The first-order valence-corrected chi connectivity index (χ1v) is 9.18. The first kappa shape index (κ1) is 18.9. The lowest BCUT2D eigenvalue weighted by molar-refractivity contribution is -0.858. The van der Waals surface area contributed by atoms with Gasteiger partial charge in [-0.25, -0.2) is 0 Å². The van der Waals surface area contributed by atoms with Crippen LogP contribution < -0.4 is 4.90 Å². The van der Waals surface area contributed by atoms with Crippen molar-refractivity contribution in [3.05, 3.63) is 77.4 Å². The molecule has 1 aliphatic rings. The molecule has 5 nitrogen and oxygen atoms in total. The van der Waals surface area contributed by atoms with Crippen LogP contribution in [0.2, 0.25) is 0 Å². The lowest BCUT2D eigenvalue weighted by Crippen LogP contribution is -3.05. The summed E-state index contributed by atoms with van der Waals surface area (Å²) in [7, 11) is 4.11. The largest absolute Gasteiger partial charge is 0.507 e. The van der Waals surface area contributed by atoms with Crippen LogP contribution in [0.4, 0.5) is 0 Å². The van der Waals surface area contributed by atoms with Crippen molar-refractivity contribution in [3.63, 3.8) is 0 Å². The van der Waals surface area contributed by atoms with Crippen molar-refractivity contribution in [2.45, 2.75) is 12.5 Å². The Morgan fingerprint density at radius 2 is 1.59 bits per heavy atom. The predicted octanol–water partition coefficient (Wildman–Crippen LogP) is 1.64. The van der Waals surface area contributed by atoms with Gasteiger partial charge in [0.25, 0.3) is 11.7 Å². The number of carbonyl (C=O) groups excluding carboxylic acids is 2. The molecule has 0 radical (unpaired) electrons. The highest BCUT2D eigenvalue weighted by Gasteiger charge is 2.45. The summed E-state index contributed by atoms with van der Waals surface area (Å²) in [6.45, 7) is 1.37. The van der Waals surface area contributed by atoms with E-state index in [1.807, 2.05) is 36.4 Å². The molecule has 0 saturated carbocycles. The summed E-state index contributed by atoms with van der Waals surface area (Å²) in [4.78, 5) is 28.4. The van der Waals surface area contributed by atoms with Crippen LogP contribution in [0.25, 0.3) is 5.76 Å². The molecule has 0 aliphatic carbocycles. The molecule has 1 fully saturated rings. The molecule has 2 N–H and O–H groups in total. The summed E-state index contributed by atoms with van der Waals surface area (Å²) in [5.74, 6) is -1.29. The van der Waals surface area contributed by atoms with E-state index in [1.54, 1.807) is 29.2 Å². The molecule has 1 saturated heterocycles. The van der Waals surface area contributed by atoms with Crippen molar-refractivity contribution in [1.82, 2.24) is 4.90 Å². The monoisotopic (exact) mass is 365 g/mol. The van der Waals surface area contributed by atoms with E-state index in [9.17, 15) is 14.7 Å². The Morgan fingerprint density at radius 3 is 2.19 bits per heavy atom. The number of likely N-dealkylation sites (tertiary alicyclic amines) is 1. The van der Waals surface area contributed by atoms with Crippen LogP contribution in [0.3, 0.4) is 0 Å². The number of aliphatic hydroxyl groups is 1. The zero-order valence-electron chi connectivity index (χ0n) is 15.7. The molecule has 0 aromatic heterocycles. The molecule has 3 rings (SSSR count). The van der Waals surface area contributed by atoms with Gasteiger partial charge in [-0.3, -0.25) is 9.59 Å². The molecule has 27 heavy (non-hydrogen) atoms. The number of nitrogens with one attached hydrogen (secondary N) is 1. The molecule has 0 bridgehead atoms. The van der Waals surface area contributed by atoms with Gasteiger partial charge in [0.05, 0.1) is 32.3 Å². The van der Waals surface area contributed by atoms with E-state index in [2.05, 4.69) is 14.1 Å². The Morgan fingerprint density at radius 1 is 1.00 bits per heavy atom. The summed E-state index contributed by atoms with van der Waals surface area (Å²) >= 11 is 0. The zero-order chi connectivity index (χ0) is 19.4. The average molecular weight is 365 g/mol. The predicted molar refractivity (Wildman–Crippen MR) is 104 cm³/mol. The van der Waals surface area contributed by atoms with Gasteiger partial charge in [0, 0.05) is 18.5 Å². The van der Waals surface area contributed by atoms with Crippen LogP contribution in [-0.4, -0.2) is 48.9 Å². The number of benzene rings is 2. The summed E-state index contributed by atoms with van der Waals surface area (Å²) in [6.07, 6.45) is 0.782. The fourth-order valence-corrected chi connectivity index (χ4v) is 3.45. The molecule has 0 spiro atoms. The second-order valence-corrected chi connectivity index (χ2v) is 7.08. The number of quaternary nitrogens is 1. The van der Waals surface area contributed by atoms with Gasteiger partial charge in [-0.15, -0.1) is 0 Å². The fourth-order valence-electron chi connectivity index (χ4n) is 3.45. The lowest BCUT2D eigenvalue weighted by atomic mass is 9.95. The van der Waals surface area contributed by atoms with Crippen LogP contribution in [0, 0.1) is 0 Å². The van der Waals surface area contributed by atoms with Crippen molar-refractivity contribution in [3.8, 4) is 0 Å². The number of hydrogen-bond donors (Lipinski definition) is 2. The van der Waals surface area contributed by atoms with E-state index < -0.39 is 17.7 Å². The van der Waals surface area contributed by atoms with Gasteiger partial charge in [-0.1, -0.05) is 60.7 Å². The highest BCUT2D eigenvalue weighted by Crippen LogP contribution is 2.39. The van der Waals surface area contributed by atoms with Gasteiger partial charge in [-0.2, -0.15) is 0 Å². The minimum absolute atomic E-state index is 0.122. The van der Waals surface area contributed by atoms with Gasteiger partial charge in [-0.05, 0) is 5.56 Å². The average Bonchev–Trinajstić information content (AvgIpc) is 2.93. The minimum atomic E-state index is -0.623. The van der Waals surface area contributed by atoms with Crippen LogP contribution >= 0.6 is 0 Å². The summed E-state index contributed by atoms with van der Waals surface area (Å²) < 4.78 is 0. The number of carbonyl (C=O) groups is 2. The van der Waals surface area contributed by atoms with E-state index >= 15 is 0 Å². The third-order valence-corrected chi connectivity index (χ3v) is 4.78. The zero-order valence-corrected chi connectivity index (χ0v) is 15.7. The van der Waals surface area contributed by atoms with Gasteiger partial charge in [0.15, 0.2) is 0 Å². The number of rotatable bonds is 6. The SMILES string of the molecule is C[NH+](C)CCCN1C(=O)C(=O)C(=C(O)c2ccccc2)[C@H]1c1ccccc1. The van der Waals surface area contributed by atoms with Crippen molar-refractivity contribution >= 4 is 17.4 Å². The van der Waals surface area contributed by atoms with Crippen LogP contribution in [0.1, 0.15) is 23.6 Å². The number of Topliss-reactive ketones (excluding diaryl/α,β-unsaturated/α-hetero) is 1. The molecule has 0 unspecified atom stereocenters. The van der Waals surface area contributed by atoms with Gasteiger partial charge in [0.1, 0.15) is 5.76 Å². The maximum atomic E-state index is 12.8. The summed E-state index contributed by atoms with van der Waals surface area (Å²) in [6, 6.07) is 17.8. The molecular weight excluding hydrogens is 340 g/mol. The van der Waals surface area contributed by atoms with E-state index in [1.165, 1.54) is 4.90 Å². The molecule has 2 aromatic carbocycles. The minimum Gasteiger partial charge on any atom is -0.507 e. The normalized spacial score (nSPS) is 19.1. The molecule has 2 aromatic rings. The van der Waals surface area contributed by atoms with Crippen molar-refractivity contribution in [1.29, 1.82) is 0 Å². The quantitative estimate of drug-likeness (QED) is 0.465. The van der Waals surface area contributed by atoms with E-state index in [0.29, 0.717) is 12.1 Å². The highest BCUT2D eigenvalue weighted by atomic mass is 16.3. The number of nitrogens with zero attached hydrogens (tertiary/aromatic N) is 1. The number of amides is 1. The maximum absolute atomic E-state index is 12.8. The maximum Gasteiger partial charge on any atom is 0.295 e. The topological polar surface area (TPSA) is 62.0 Å². The number of hydrogen-bond acceptors (Lipinski definition) is 3. The number of aliphatic hydroxyl groups excluding tert-OH is 1. The van der Waals surface area contributed by atoms with Crippen LogP contribution in [0.5, 0.6) is 0 Å². The van der Waals surface area contributed by atoms with E-state index in [4.69, 9.17) is 0 Å². The Kier molecular flexibility index (Phi) is 5.72. The lowest BCUT2D eigenvalue weighted by Gasteiger charge is -2.25. The van der Waals surface area contributed by atoms with E-state index in [0.717, 1.165) is 18.5 Å². The second kappa shape index (κ2) is 8.18. The molecule has 1 aliphatic heterocycles. The molecular formula is C22H25N2O3+. The van der Waals surface area contributed by atoms with Crippen molar-refractivity contribution in [2.75, 3.05) is 27.2 Å². The first-order valence-electron chi connectivity index (χ1n) is 9.18. The molecule has 1 amide bonds. The second-order valence-electron chi connectivity index (χ2n) is 7.08.